The van der Waals surface area contributed by atoms with Gasteiger partial charge < -0.3 is 15.5 Å². The van der Waals surface area contributed by atoms with Crippen molar-refractivity contribution in [3.63, 3.8) is 0 Å². The lowest BCUT2D eigenvalue weighted by Crippen LogP contribution is -2.47. The molecule has 0 radical (unpaired) electrons. The lowest BCUT2D eigenvalue weighted by molar-refractivity contribution is 0.176. The van der Waals surface area contributed by atoms with Gasteiger partial charge in [0.2, 0.25) is 0 Å². The highest BCUT2D eigenvalue weighted by Gasteiger charge is 2.23. The second kappa shape index (κ2) is 7.73. The summed E-state index contributed by atoms with van der Waals surface area (Å²) in [7, 11) is 0. The minimum Gasteiger partial charge on any atom is -0.335 e. The number of amides is 2. The predicted octanol–water partition coefficient (Wildman–Crippen LogP) is 2.35. The third kappa shape index (κ3) is 4.68. The predicted molar refractivity (Wildman–Crippen MR) is 78.2 cm³/mol. The minimum atomic E-state index is 0.173. The van der Waals surface area contributed by atoms with Crippen LogP contribution in [0.2, 0.25) is 0 Å². The highest BCUT2D eigenvalue weighted by molar-refractivity contribution is 5.74. The molecule has 0 spiro atoms. The molecule has 1 aliphatic heterocycles. The molecular formula is C15H29N3O. The Hall–Kier alpha value is -0.770. The first kappa shape index (κ1) is 14.6. The fourth-order valence-corrected chi connectivity index (χ4v) is 3.26. The van der Waals surface area contributed by atoms with Crippen LogP contribution >= 0.6 is 0 Å². The third-order valence-corrected chi connectivity index (χ3v) is 4.40. The smallest absolute Gasteiger partial charge is 0.317 e. The van der Waals surface area contributed by atoms with E-state index >= 15 is 0 Å². The van der Waals surface area contributed by atoms with Gasteiger partial charge in [0, 0.05) is 19.1 Å². The molecular weight excluding hydrogens is 238 g/mol. The zero-order valence-corrected chi connectivity index (χ0v) is 12.3. The van der Waals surface area contributed by atoms with E-state index in [0.717, 1.165) is 32.6 Å². The molecule has 0 aromatic heterocycles. The number of piperidine rings is 1. The van der Waals surface area contributed by atoms with Gasteiger partial charge in [0.25, 0.3) is 0 Å². The summed E-state index contributed by atoms with van der Waals surface area (Å²) in [5.74, 6) is 0.683. The van der Waals surface area contributed by atoms with Crippen molar-refractivity contribution < 1.29 is 4.79 Å². The fourth-order valence-electron chi connectivity index (χ4n) is 3.26. The number of carbonyl (C=O) groups is 1. The van der Waals surface area contributed by atoms with Gasteiger partial charge in [-0.3, -0.25) is 0 Å². The van der Waals surface area contributed by atoms with Crippen LogP contribution in [0.4, 0.5) is 4.79 Å². The van der Waals surface area contributed by atoms with Gasteiger partial charge in [0.1, 0.15) is 0 Å². The summed E-state index contributed by atoms with van der Waals surface area (Å²) in [5, 5.41) is 6.61. The first-order valence-electron chi connectivity index (χ1n) is 8.05. The third-order valence-electron chi connectivity index (χ3n) is 4.40. The first-order valence-corrected chi connectivity index (χ1v) is 8.05. The molecule has 2 aliphatic rings. The molecule has 2 amide bonds. The van der Waals surface area contributed by atoms with Crippen LogP contribution in [-0.4, -0.2) is 43.2 Å². The Labute approximate surface area is 117 Å². The summed E-state index contributed by atoms with van der Waals surface area (Å²) in [6, 6.07) is 0.604. The van der Waals surface area contributed by atoms with Crippen molar-refractivity contribution in [2.75, 3.05) is 26.2 Å². The Morgan fingerprint density at radius 2 is 1.89 bits per heavy atom. The van der Waals surface area contributed by atoms with E-state index in [0.29, 0.717) is 12.0 Å². The van der Waals surface area contributed by atoms with E-state index in [9.17, 15) is 4.79 Å². The van der Waals surface area contributed by atoms with E-state index in [4.69, 9.17) is 0 Å². The van der Waals surface area contributed by atoms with Crippen molar-refractivity contribution in [1.82, 2.24) is 15.5 Å². The maximum absolute atomic E-state index is 12.4. The van der Waals surface area contributed by atoms with Crippen molar-refractivity contribution >= 4 is 6.03 Å². The van der Waals surface area contributed by atoms with Crippen molar-refractivity contribution in [2.45, 2.75) is 57.9 Å². The molecule has 4 nitrogen and oxygen atoms in total. The molecule has 0 atom stereocenters. The van der Waals surface area contributed by atoms with Crippen LogP contribution in [-0.2, 0) is 0 Å². The number of rotatable bonds is 5. The topological polar surface area (TPSA) is 44.4 Å². The Bertz CT molecular complexity index is 271. The molecule has 1 heterocycles. The molecule has 2 fully saturated rings. The summed E-state index contributed by atoms with van der Waals surface area (Å²) in [5.41, 5.74) is 0. The van der Waals surface area contributed by atoms with Gasteiger partial charge in [0.15, 0.2) is 0 Å². The van der Waals surface area contributed by atoms with Crippen molar-refractivity contribution in [3.8, 4) is 0 Å². The Kier molecular flexibility index (Phi) is 5.95. The second-order valence-corrected chi connectivity index (χ2v) is 6.07. The quantitative estimate of drug-likeness (QED) is 0.803. The van der Waals surface area contributed by atoms with Crippen LogP contribution in [0.15, 0.2) is 0 Å². The van der Waals surface area contributed by atoms with Gasteiger partial charge in [-0.25, -0.2) is 4.79 Å². The van der Waals surface area contributed by atoms with Crippen LogP contribution in [0.3, 0.4) is 0 Å². The Morgan fingerprint density at radius 1 is 1.21 bits per heavy atom. The minimum absolute atomic E-state index is 0.173. The first-order chi connectivity index (χ1) is 9.29. The molecule has 4 heteroatoms. The number of nitrogens with one attached hydrogen (secondary N) is 2. The zero-order chi connectivity index (χ0) is 13.5. The number of carbonyl (C=O) groups excluding carboxylic acids is 1. The standard InChI is InChI=1S/C15H29N3O/c1-2-11-18(12-13-7-9-16-10-8-13)15(19)17-14-5-3-4-6-14/h13-14,16H,2-12H2,1H3,(H,17,19). The monoisotopic (exact) mass is 267 g/mol. The highest BCUT2D eigenvalue weighted by Crippen LogP contribution is 2.19. The fraction of sp³-hybridized carbons (Fsp3) is 0.933. The van der Waals surface area contributed by atoms with Gasteiger partial charge in [0.05, 0.1) is 0 Å². The van der Waals surface area contributed by atoms with Gasteiger partial charge >= 0.3 is 6.03 Å². The second-order valence-electron chi connectivity index (χ2n) is 6.07. The highest BCUT2D eigenvalue weighted by atomic mass is 16.2. The van der Waals surface area contributed by atoms with E-state index in [1.807, 2.05) is 4.90 Å². The molecule has 2 N–H and O–H groups in total. The van der Waals surface area contributed by atoms with Gasteiger partial charge in [-0.2, -0.15) is 0 Å². The normalized spacial score (nSPS) is 21.5. The number of hydrogen-bond donors (Lipinski definition) is 2. The zero-order valence-electron chi connectivity index (χ0n) is 12.3. The van der Waals surface area contributed by atoms with Crippen LogP contribution in [0, 0.1) is 5.92 Å². The Morgan fingerprint density at radius 3 is 2.53 bits per heavy atom. The van der Waals surface area contributed by atoms with E-state index < -0.39 is 0 Å². The number of hydrogen-bond acceptors (Lipinski definition) is 2. The maximum Gasteiger partial charge on any atom is 0.317 e. The average molecular weight is 267 g/mol. The lowest BCUT2D eigenvalue weighted by Gasteiger charge is -2.31. The molecule has 110 valence electrons. The van der Waals surface area contributed by atoms with Gasteiger partial charge in [-0.05, 0) is 51.1 Å². The molecule has 19 heavy (non-hydrogen) atoms. The molecule has 1 saturated carbocycles. The largest absolute Gasteiger partial charge is 0.335 e. The summed E-state index contributed by atoms with van der Waals surface area (Å²) in [6.45, 7) is 6.19. The van der Waals surface area contributed by atoms with E-state index in [1.54, 1.807) is 0 Å². The molecule has 1 aliphatic carbocycles. The number of nitrogens with zero attached hydrogens (tertiary/aromatic N) is 1. The van der Waals surface area contributed by atoms with Crippen LogP contribution in [0.1, 0.15) is 51.9 Å². The van der Waals surface area contributed by atoms with E-state index in [2.05, 4.69) is 17.6 Å². The summed E-state index contributed by atoms with van der Waals surface area (Å²) < 4.78 is 0. The molecule has 2 rings (SSSR count). The van der Waals surface area contributed by atoms with E-state index in [1.165, 1.54) is 38.5 Å². The van der Waals surface area contributed by atoms with Crippen molar-refractivity contribution in [3.05, 3.63) is 0 Å². The molecule has 0 aromatic carbocycles. The van der Waals surface area contributed by atoms with Crippen LogP contribution in [0.25, 0.3) is 0 Å². The molecule has 0 bridgehead atoms. The van der Waals surface area contributed by atoms with Crippen LogP contribution in [0.5, 0.6) is 0 Å². The average Bonchev–Trinajstić information content (AvgIpc) is 2.92. The van der Waals surface area contributed by atoms with Crippen molar-refractivity contribution in [1.29, 1.82) is 0 Å². The summed E-state index contributed by atoms with van der Waals surface area (Å²) in [4.78, 5) is 14.4. The van der Waals surface area contributed by atoms with Gasteiger partial charge in [-0.15, -0.1) is 0 Å². The van der Waals surface area contributed by atoms with Crippen LogP contribution < -0.4 is 10.6 Å². The van der Waals surface area contributed by atoms with E-state index in [-0.39, 0.29) is 6.03 Å². The molecule has 0 aromatic rings. The molecule has 1 saturated heterocycles. The molecule has 0 unspecified atom stereocenters. The Balaban J connectivity index is 1.80. The number of urea groups is 1. The lowest BCUT2D eigenvalue weighted by atomic mass is 9.97. The maximum atomic E-state index is 12.4. The SMILES string of the molecule is CCCN(CC1CCNCC1)C(=O)NC1CCCC1. The van der Waals surface area contributed by atoms with Crippen molar-refractivity contribution in [2.24, 2.45) is 5.92 Å². The summed E-state index contributed by atoms with van der Waals surface area (Å²) >= 11 is 0. The summed E-state index contributed by atoms with van der Waals surface area (Å²) in [6.07, 6.45) is 8.33. The van der Waals surface area contributed by atoms with Gasteiger partial charge in [-0.1, -0.05) is 19.8 Å².